The summed E-state index contributed by atoms with van der Waals surface area (Å²) in [6.07, 6.45) is 2.81. The summed E-state index contributed by atoms with van der Waals surface area (Å²) in [5, 5.41) is 2.77. The molecule has 0 radical (unpaired) electrons. The Hall–Kier alpha value is -2.55. The Morgan fingerprint density at radius 3 is 2.59 bits per heavy atom. The van der Waals surface area contributed by atoms with Gasteiger partial charge in [0.15, 0.2) is 0 Å². The quantitative estimate of drug-likeness (QED) is 0.812. The minimum absolute atomic E-state index is 0.0654. The van der Waals surface area contributed by atoms with Gasteiger partial charge in [-0.15, -0.1) is 6.58 Å². The number of hydrogen-bond donors (Lipinski definition) is 1. The Morgan fingerprint density at radius 1 is 1.27 bits per heavy atom. The molecule has 0 aliphatic heterocycles. The van der Waals surface area contributed by atoms with Crippen LogP contribution in [-0.2, 0) is 11.2 Å². The van der Waals surface area contributed by atoms with Crippen molar-refractivity contribution in [2.45, 2.75) is 19.3 Å². The topological polar surface area (TPSA) is 38.3 Å². The van der Waals surface area contributed by atoms with Crippen molar-refractivity contribution in [3.63, 3.8) is 0 Å². The molecular weight excluding hydrogens is 274 g/mol. The lowest BCUT2D eigenvalue weighted by Crippen LogP contribution is -2.06. The van der Waals surface area contributed by atoms with Gasteiger partial charge in [-0.3, -0.25) is 4.79 Å². The van der Waals surface area contributed by atoms with Crippen LogP contribution in [-0.4, -0.2) is 13.0 Å². The molecule has 2 aromatic carbocycles. The van der Waals surface area contributed by atoms with Crippen LogP contribution < -0.4 is 10.1 Å². The maximum Gasteiger partial charge on any atom is 0.221 e. The van der Waals surface area contributed by atoms with Crippen molar-refractivity contribution in [2.75, 3.05) is 12.4 Å². The van der Waals surface area contributed by atoms with Gasteiger partial charge in [0, 0.05) is 18.5 Å². The summed E-state index contributed by atoms with van der Waals surface area (Å²) < 4.78 is 5.26. The first-order valence-electron chi connectivity index (χ1n) is 7.25. The highest BCUT2D eigenvalue weighted by molar-refractivity contribution is 5.88. The van der Waals surface area contributed by atoms with Crippen LogP contribution in [0, 0.1) is 0 Å². The van der Waals surface area contributed by atoms with Crippen molar-refractivity contribution in [2.24, 2.45) is 0 Å². The number of carbonyl (C=O) groups is 1. The molecular formula is C19H21NO2. The SMILES string of the molecule is C=C[C@@H](Cc1cccc(OC)c1)c1ccc(NC(C)=O)cc1. The molecule has 3 nitrogen and oxygen atoms in total. The monoisotopic (exact) mass is 295 g/mol. The lowest BCUT2D eigenvalue weighted by molar-refractivity contribution is -0.114. The van der Waals surface area contributed by atoms with E-state index >= 15 is 0 Å². The van der Waals surface area contributed by atoms with Crippen LogP contribution in [0.1, 0.15) is 24.0 Å². The molecule has 0 spiro atoms. The van der Waals surface area contributed by atoms with Crippen molar-refractivity contribution in [1.29, 1.82) is 0 Å². The summed E-state index contributed by atoms with van der Waals surface area (Å²) >= 11 is 0. The molecule has 0 unspecified atom stereocenters. The molecule has 0 saturated carbocycles. The van der Waals surface area contributed by atoms with Crippen LogP contribution in [0.25, 0.3) is 0 Å². The second-order valence-corrected chi connectivity index (χ2v) is 5.20. The van der Waals surface area contributed by atoms with Crippen molar-refractivity contribution in [3.05, 3.63) is 72.3 Å². The van der Waals surface area contributed by atoms with Crippen LogP contribution in [0.4, 0.5) is 5.69 Å². The fourth-order valence-corrected chi connectivity index (χ4v) is 2.41. The maximum absolute atomic E-state index is 11.1. The van der Waals surface area contributed by atoms with E-state index in [1.54, 1.807) is 7.11 Å². The van der Waals surface area contributed by atoms with E-state index in [2.05, 4.69) is 18.0 Å². The van der Waals surface area contributed by atoms with Gasteiger partial charge in [0.25, 0.3) is 0 Å². The third kappa shape index (κ3) is 4.22. The van der Waals surface area contributed by atoms with Gasteiger partial charge in [-0.1, -0.05) is 30.3 Å². The van der Waals surface area contributed by atoms with E-state index in [1.165, 1.54) is 18.1 Å². The van der Waals surface area contributed by atoms with Crippen molar-refractivity contribution >= 4 is 11.6 Å². The van der Waals surface area contributed by atoms with Gasteiger partial charge in [0.2, 0.25) is 5.91 Å². The van der Waals surface area contributed by atoms with Gasteiger partial charge in [-0.25, -0.2) is 0 Å². The highest BCUT2D eigenvalue weighted by atomic mass is 16.5. The summed E-state index contributed by atoms with van der Waals surface area (Å²) in [6.45, 7) is 5.45. The minimum atomic E-state index is -0.0654. The highest BCUT2D eigenvalue weighted by Crippen LogP contribution is 2.25. The summed E-state index contributed by atoms with van der Waals surface area (Å²) in [4.78, 5) is 11.1. The number of allylic oxidation sites excluding steroid dienone is 1. The molecule has 2 rings (SSSR count). The number of nitrogens with one attached hydrogen (secondary N) is 1. The number of hydrogen-bond acceptors (Lipinski definition) is 2. The molecule has 0 aromatic heterocycles. The van der Waals surface area contributed by atoms with E-state index in [4.69, 9.17) is 4.74 Å². The van der Waals surface area contributed by atoms with Gasteiger partial charge in [0.05, 0.1) is 7.11 Å². The fourth-order valence-electron chi connectivity index (χ4n) is 2.41. The first-order valence-corrected chi connectivity index (χ1v) is 7.25. The Kier molecular flexibility index (Phi) is 5.37. The molecule has 1 atom stereocenters. The zero-order valence-electron chi connectivity index (χ0n) is 13.0. The van der Waals surface area contributed by atoms with E-state index in [9.17, 15) is 4.79 Å². The predicted octanol–water partition coefficient (Wildman–Crippen LogP) is 4.17. The van der Waals surface area contributed by atoms with Crippen LogP contribution in [0.2, 0.25) is 0 Å². The largest absolute Gasteiger partial charge is 0.497 e. The molecule has 1 N–H and O–H groups in total. The zero-order chi connectivity index (χ0) is 15.9. The average Bonchev–Trinajstić information content (AvgIpc) is 2.53. The van der Waals surface area contributed by atoms with Crippen LogP contribution in [0.15, 0.2) is 61.2 Å². The molecule has 0 bridgehead atoms. The summed E-state index contributed by atoms with van der Waals surface area (Å²) in [7, 11) is 1.67. The van der Waals surface area contributed by atoms with E-state index in [0.717, 1.165) is 17.9 Å². The number of amides is 1. The third-order valence-electron chi connectivity index (χ3n) is 3.53. The van der Waals surface area contributed by atoms with Crippen LogP contribution >= 0.6 is 0 Å². The van der Waals surface area contributed by atoms with Gasteiger partial charge in [-0.2, -0.15) is 0 Å². The molecule has 114 valence electrons. The second-order valence-electron chi connectivity index (χ2n) is 5.20. The lowest BCUT2D eigenvalue weighted by Gasteiger charge is -2.14. The number of carbonyl (C=O) groups excluding carboxylic acids is 1. The van der Waals surface area contributed by atoms with Gasteiger partial charge in [-0.05, 0) is 41.8 Å². The van der Waals surface area contributed by atoms with Crippen LogP contribution in [0.3, 0.4) is 0 Å². The second kappa shape index (κ2) is 7.46. The minimum Gasteiger partial charge on any atom is -0.497 e. The summed E-state index contributed by atoms with van der Waals surface area (Å²) in [5.41, 5.74) is 3.18. The summed E-state index contributed by atoms with van der Waals surface area (Å²) in [6, 6.07) is 15.9. The van der Waals surface area contributed by atoms with E-state index < -0.39 is 0 Å². The van der Waals surface area contributed by atoms with E-state index in [0.29, 0.717) is 0 Å². The molecule has 22 heavy (non-hydrogen) atoms. The van der Waals surface area contributed by atoms with Crippen molar-refractivity contribution in [3.8, 4) is 5.75 Å². The molecule has 0 aliphatic carbocycles. The first-order chi connectivity index (χ1) is 10.6. The van der Waals surface area contributed by atoms with Gasteiger partial charge >= 0.3 is 0 Å². The zero-order valence-corrected chi connectivity index (χ0v) is 13.0. The average molecular weight is 295 g/mol. The smallest absolute Gasteiger partial charge is 0.221 e. The number of ether oxygens (including phenoxy) is 1. The lowest BCUT2D eigenvalue weighted by atomic mass is 9.92. The van der Waals surface area contributed by atoms with E-state index in [-0.39, 0.29) is 11.8 Å². The third-order valence-corrected chi connectivity index (χ3v) is 3.53. The molecule has 0 heterocycles. The molecule has 3 heteroatoms. The molecule has 2 aromatic rings. The Balaban J connectivity index is 2.13. The van der Waals surface area contributed by atoms with Gasteiger partial charge < -0.3 is 10.1 Å². The Labute approximate surface area is 131 Å². The standard InChI is InChI=1S/C19H21NO2/c1-4-16(12-15-6-5-7-19(13-15)22-3)17-8-10-18(11-9-17)20-14(2)21/h4-11,13,16H,1,12H2,2-3H3,(H,20,21)/t16-/m0/s1. The number of rotatable bonds is 6. The molecule has 1 amide bonds. The van der Waals surface area contributed by atoms with Crippen LogP contribution in [0.5, 0.6) is 5.75 Å². The molecule has 0 fully saturated rings. The maximum atomic E-state index is 11.1. The summed E-state index contributed by atoms with van der Waals surface area (Å²) in [5.74, 6) is 1.02. The first kappa shape index (κ1) is 15.8. The van der Waals surface area contributed by atoms with Crippen molar-refractivity contribution in [1.82, 2.24) is 0 Å². The molecule has 0 aliphatic rings. The Morgan fingerprint density at radius 2 is 2.00 bits per heavy atom. The molecule has 0 saturated heterocycles. The predicted molar refractivity (Wildman–Crippen MR) is 90.4 cm³/mol. The number of benzene rings is 2. The number of anilines is 1. The van der Waals surface area contributed by atoms with Gasteiger partial charge in [0.1, 0.15) is 5.75 Å². The fraction of sp³-hybridized carbons (Fsp3) is 0.211. The highest BCUT2D eigenvalue weighted by Gasteiger charge is 2.09. The van der Waals surface area contributed by atoms with Crippen molar-refractivity contribution < 1.29 is 9.53 Å². The van der Waals surface area contributed by atoms with E-state index in [1.807, 2.05) is 48.5 Å². The normalized spacial score (nSPS) is 11.5. The Bertz CT molecular complexity index is 647. The number of methoxy groups -OCH3 is 1.